The predicted octanol–water partition coefficient (Wildman–Crippen LogP) is 2.07. The standard InChI is InChI=1S/C21H32N2O7/c1-12(2)11-29-16-8-6-7-14(21(26)30-13(3)19(16)28-5)23-20(25)17-18(24)15(27-4)9-10-22-17/h9-10,12-14,16,19,24H,6-8,11H2,1-5H3,(H,23,25). The number of carbonyl (C=O) groups excluding carboxylic acids is 2. The Balaban J connectivity index is 2.13. The minimum Gasteiger partial charge on any atom is -0.503 e. The Labute approximate surface area is 177 Å². The van der Waals surface area contributed by atoms with Gasteiger partial charge in [0, 0.05) is 26.0 Å². The molecule has 1 amide bonds. The van der Waals surface area contributed by atoms with Gasteiger partial charge in [0.05, 0.1) is 13.2 Å². The van der Waals surface area contributed by atoms with Crippen molar-refractivity contribution in [2.45, 2.75) is 64.4 Å². The fourth-order valence-electron chi connectivity index (χ4n) is 3.40. The first-order chi connectivity index (χ1) is 14.3. The highest BCUT2D eigenvalue weighted by atomic mass is 16.6. The maximum atomic E-state index is 12.7. The molecule has 1 saturated heterocycles. The van der Waals surface area contributed by atoms with Crippen LogP contribution in [0.15, 0.2) is 12.3 Å². The van der Waals surface area contributed by atoms with Crippen LogP contribution in [0.2, 0.25) is 0 Å². The number of nitrogens with one attached hydrogen (secondary N) is 1. The van der Waals surface area contributed by atoms with E-state index in [0.717, 1.165) is 0 Å². The second kappa shape index (κ2) is 11.1. The SMILES string of the molecule is COc1ccnc(C(=O)NC2CCCC(OCC(C)C)C(OC)C(C)OC2=O)c1O. The van der Waals surface area contributed by atoms with E-state index in [0.29, 0.717) is 31.8 Å². The molecule has 2 rings (SSSR count). The lowest BCUT2D eigenvalue weighted by molar-refractivity contribution is -0.164. The minimum atomic E-state index is -0.881. The molecule has 1 aliphatic heterocycles. The molecule has 9 nitrogen and oxygen atoms in total. The molecule has 0 aliphatic carbocycles. The number of hydrogen-bond acceptors (Lipinski definition) is 8. The number of aromatic nitrogens is 1. The summed E-state index contributed by atoms with van der Waals surface area (Å²) in [5.41, 5.74) is -0.219. The van der Waals surface area contributed by atoms with Crippen molar-refractivity contribution in [3.05, 3.63) is 18.0 Å². The normalized spacial score (nSPS) is 25.1. The van der Waals surface area contributed by atoms with Gasteiger partial charge in [-0.2, -0.15) is 0 Å². The Bertz CT molecular complexity index is 725. The summed E-state index contributed by atoms with van der Waals surface area (Å²) in [6, 6.07) is 0.554. The number of hydrogen-bond donors (Lipinski definition) is 2. The van der Waals surface area contributed by atoms with E-state index in [4.69, 9.17) is 18.9 Å². The first-order valence-electron chi connectivity index (χ1n) is 10.2. The maximum absolute atomic E-state index is 12.7. The van der Waals surface area contributed by atoms with Crippen molar-refractivity contribution >= 4 is 11.9 Å². The van der Waals surface area contributed by atoms with Gasteiger partial charge in [-0.25, -0.2) is 9.78 Å². The van der Waals surface area contributed by atoms with Crippen LogP contribution in [0.4, 0.5) is 0 Å². The molecular formula is C21H32N2O7. The highest BCUT2D eigenvalue weighted by molar-refractivity contribution is 5.97. The molecule has 0 bridgehead atoms. The van der Waals surface area contributed by atoms with E-state index < -0.39 is 30.1 Å². The molecule has 2 heterocycles. The van der Waals surface area contributed by atoms with Gasteiger partial charge in [0.1, 0.15) is 18.2 Å². The Morgan fingerprint density at radius 2 is 2.10 bits per heavy atom. The van der Waals surface area contributed by atoms with Crippen LogP contribution in [0.3, 0.4) is 0 Å². The second-order valence-corrected chi connectivity index (χ2v) is 7.78. The molecule has 30 heavy (non-hydrogen) atoms. The summed E-state index contributed by atoms with van der Waals surface area (Å²) in [6.07, 6.45) is 1.79. The summed E-state index contributed by atoms with van der Waals surface area (Å²) in [4.78, 5) is 29.2. The van der Waals surface area contributed by atoms with E-state index >= 15 is 0 Å². The van der Waals surface area contributed by atoms with Crippen LogP contribution < -0.4 is 10.1 Å². The zero-order valence-electron chi connectivity index (χ0n) is 18.2. The van der Waals surface area contributed by atoms with Gasteiger partial charge in [-0.1, -0.05) is 13.8 Å². The molecule has 1 aliphatic rings. The molecule has 0 saturated carbocycles. The second-order valence-electron chi connectivity index (χ2n) is 7.78. The number of ether oxygens (including phenoxy) is 4. The summed E-state index contributed by atoms with van der Waals surface area (Å²) in [5, 5.41) is 12.8. The van der Waals surface area contributed by atoms with Gasteiger partial charge in [0.25, 0.3) is 5.91 Å². The fraction of sp³-hybridized carbons (Fsp3) is 0.667. The number of carbonyl (C=O) groups is 2. The molecule has 168 valence electrons. The monoisotopic (exact) mass is 424 g/mol. The van der Waals surface area contributed by atoms with Crippen molar-refractivity contribution < 1.29 is 33.6 Å². The highest BCUT2D eigenvalue weighted by Crippen LogP contribution is 2.28. The molecule has 1 aromatic heterocycles. The summed E-state index contributed by atoms with van der Waals surface area (Å²) in [6.45, 7) is 6.45. The molecule has 0 aromatic carbocycles. The number of aromatic hydroxyl groups is 1. The average molecular weight is 424 g/mol. The molecule has 1 fully saturated rings. The summed E-state index contributed by atoms with van der Waals surface area (Å²) in [5.74, 6) is -1.15. The topological polar surface area (TPSA) is 116 Å². The maximum Gasteiger partial charge on any atom is 0.329 e. The summed E-state index contributed by atoms with van der Waals surface area (Å²) in [7, 11) is 2.94. The van der Waals surface area contributed by atoms with Gasteiger partial charge < -0.3 is 29.4 Å². The van der Waals surface area contributed by atoms with E-state index in [1.165, 1.54) is 19.4 Å². The van der Waals surface area contributed by atoms with Gasteiger partial charge in [-0.3, -0.25) is 4.79 Å². The van der Waals surface area contributed by atoms with Gasteiger partial charge >= 0.3 is 5.97 Å². The van der Waals surface area contributed by atoms with E-state index in [1.807, 2.05) is 0 Å². The van der Waals surface area contributed by atoms with Crippen molar-refractivity contribution in [2.75, 3.05) is 20.8 Å². The van der Waals surface area contributed by atoms with E-state index in [1.54, 1.807) is 14.0 Å². The number of esters is 1. The third-order valence-electron chi connectivity index (χ3n) is 4.94. The van der Waals surface area contributed by atoms with Crippen LogP contribution in [0.25, 0.3) is 0 Å². The average Bonchev–Trinajstić information content (AvgIpc) is 2.75. The molecule has 4 atom stereocenters. The molecule has 2 N–H and O–H groups in total. The Morgan fingerprint density at radius 3 is 2.73 bits per heavy atom. The van der Waals surface area contributed by atoms with Crippen LogP contribution in [0, 0.1) is 5.92 Å². The van der Waals surface area contributed by atoms with Crippen LogP contribution in [-0.4, -0.2) is 67.1 Å². The van der Waals surface area contributed by atoms with Crippen molar-refractivity contribution in [3.63, 3.8) is 0 Å². The van der Waals surface area contributed by atoms with Gasteiger partial charge in [-0.05, 0) is 32.1 Å². The van der Waals surface area contributed by atoms with Gasteiger partial charge in [0.2, 0.25) is 0 Å². The van der Waals surface area contributed by atoms with Crippen molar-refractivity contribution in [1.82, 2.24) is 10.3 Å². The van der Waals surface area contributed by atoms with Crippen LogP contribution in [0.1, 0.15) is 50.5 Å². The van der Waals surface area contributed by atoms with E-state index in [9.17, 15) is 14.7 Å². The number of amides is 1. The molecule has 4 unspecified atom stereocenters. The Hall–Kier alpha value is -2.39. The Morgan fingerprint density at radius 1 is 1.37 bits per heavy atom. The van der Waals surface area contributed by atoms with Crippen molar-refractivity contribution in [1.29, 1.82) is 0 Å². The fourth-order valence-corrected chi connectivity index (χ4v) is 3.40. The predicted molar refractivity (Wildman–Crippen MR) is 108 cm³/mol. The first-order valence-corrected chi connectivity index (χ1v) is 10.2. The number of cyclic esters (lactones) is 1. The molecular weight excluding hydrogens is 392 g/mol. The number of pyridine rings is 1. The molecule has 0 radical (unpaired) electrons. The minimum absolute atomic E-state index is 0.119. The number of rotatable bonds is 7. The lowest BCUT2D eigenvalue weighted by Gasteiger charge is -2.30. The smallest absolute Gasteiger partial charge is 0.329 e. The van der Waals surface area contributed by atoms with Gasteiger partial charge in [-0.15, -0.1) is 0 Å². The van der Waals surface area contributed by atoms with Crippen LogP contribution >= 0.6 is 0 Å². The number of methoxy groups -OCH3 is 2. The zero-order chi connectivity index (χ0) is 22.3. The third-order valence-corrected chi connectivity index (χ3v) is 4.94. The summed E-state index contributed by atoms with van der Waals surface area (Å²) < 4.78 is 22.1. The lowest BCUT2D eigenvalue weighted by Crippen LogP contribution is -2.45. The Kier molecular flexibility index (Phi) is 8.86. The van der Waals surface area contributed by atoms with Crippen molar-refractivity contribution in [3.8, 4) is 11.5 Å². The van der Waals surface area contributed by atoms with E-state index in [2.05, 4.69) is 24.1 Å². The largest absolute Gasteiger partial charge is 0.503 e. The molecule has 0 spiro atoms. The third kappa shape index (κ3) is 6.06. The quantitative estimate of drug-likeness (QED) is 0.639. The van der Waals surface area contributed by atoms with Gasteiger partial charge in [0.15, 0.2) is 17.2 Å². The van der Waals surface area contributed by atoms with E-state index in [-0.39, 0.29) is 23.3 Å². The zero-order valence-corrected chi connectivity index (χ0v) is 18.2. The van der Waals surface area contributed by atoms with Crippen LogP contribution in [0.5, 0.6) is 11.5 Å². The highest BCUT2D eigenvalue weighted by Gasteiger charge is 2.35. The first kappa shape index (κ1) is 23.9. The molecule has 9 heteroatoms. The molecule has 1 aromatic rings. The number of nitrogens with zero attached hydrogens (tertiary/aromatic N) is 1. The van der Waals surface area contributed by atoms with Crippen molar-refractivity contribution in [2.24, 2.45) is 5.92 Å². The summed E-state index contributed by atoms with van der Waals surface area (Å²) >= 11 is 0. The lowest BCUT2D eigenvalue weighted by atomic mass is 10.0. The van der Waals surface area contributed by atoms with Crippen LogP contribution in [-0.2, 0) is 19.0 Å².